The van der Waals surface area contributed by atoms with Crippen LogP contribution in [0.4, 0.5) is 5.95 Å². The number of anilines is 1. The highest BCUT2D eigenvalue weighted by Gasteiger charge is 2.24. The highest BCUT2D eigenvalue weighted by Crippen LogP contribution is 2.30. The summed E-state index contributed by atoms with van der Waals surface area (Å²) in [7, 11) is 0. The summed E-state index contributed by atoms with van der Waals surface area (Å²) in [6, 6.07) is 4.53. The maximum absolute atomic E-state index is 4.53. The first kappa shape index (κ1) is 10.6. The summed E-state index contributed by atoms with van der Waals surface area (Å²) < 4.78 is 1.84. The van der Waals surface area contributed by atoms with Gasteiger partial charge in [-0.15, -0.1) is 5.10 Å². The Kier molecular flexibility index (Phi) is 2.50. The van der Waals surface area contributed by atoms with Crippen molar-refractivity contribution in [2.75, 3.05) is 5.32 Å². The average Bonchev–Trinajstić information content (AvgIpc) is 2.58. The third kappa shape index (κ3) is 1.88. The monoisotopic (exact) mass is 230 g/mol. The lowest BCUT2D eigenvalue weighted by Gasteiger charge is -2.31. The fourth-order valence-electron chi connectivity index (χ4n) is 2.36. The number of fused-ring (bicyclic) bond motifs is 1. The van der Waals surface area contributed by atoms with Crippen LogP contribution in [0.2, 0.25) is 0 Å². The van der Waals surface area contributed by atoms with Gasteiger partial charge in [-0.2, -0.15) is 4.98 Å². The fraction of sp³-hybridized carbons (Fsp3) is 0.538. The zero-order chi connectivity index (χ0) is 11.8. The summed E-state index contributed by atoms with van der Waals surface area (Å²) in [6.45, 7) is 4.28. The van der Waals surface area contributed by atoms with Crippen LogP contribution in [-0.2, 0) is 0 Å². The van der Waals surface area contributed by atoms with E-state index in [9.17, 15) is 0 Å². The van der Waals surface area contributed by atoms with Crippen molar-refractivity contribution in [2.24, 2.45) is 5.92 Å². The number of nitrogens with one attached hydrogen (secondary N) is 1. The van der Waals surface area contributed by atoms with Crippen LogP contribution in [0.3, 0.4) is 0 Å². The van der Waals surface area contributed by atoms with E-state index in [0.717, 1.165) is 23.1 Å². The van der Waals surface area contributed by atoms with Gasteiger partial charge in [-0.05, 0) is 44.2 Å². The zero-order valence-electron chi connectivity index (χ0n) is 10.3. The van der Waals surface area contributed by atoms with E-state index in [4.69, 9.17) is 0 Å². The second-order valence-electron chi connectivity index (χ2n) is 5.02. The SMILES string of the molecule is Cc1cccn2nc(NC(C)C3CCC3)nc12. The summed E-state index contributed by atoms with van der Waals surface area (Å²) in [5.74, 6) is 1.54. The molecule has 2 aromatic heterocycles. The van der Waals surface area contributed by atoms with Crippen molar-refractivity contribution in [1.82, 2.24) is 14.6 Å². The van der Waals surface area contributed by atoms with E-state index in [1.54, 1.807) is 0 Å². The van der Waals surface area contributed by atoms with E-state index >= 15 is 0 Å². The molecule has 0 bridgehead atoms. The van der Waals surface area contributed by atoms with Crippen molar-refractivity contribution in [2.45, 2.75) is 39.2 Å². The number of hydrogen-bond donors (Lipinski definition) is 1. The van der Waals surface area contributed by atoms with E-state index in [1.165, 1.54) is 19.3 Å². The molecule has 0 aromatic carbocycles. The Morgan fingerprint density at radius 2 is 2.29 bits per heavy atom. The first-order chi connectivity index (χ1) is 8.24. The van der Waals surface area contributed by atoms with Crippen molar-refractivity contribution >= 4 is 11.6 Å². The maximum Gasteiger partial charge on any atom is 0.243 e. The molecular formula is C13H18N4. The van der Waals surface area contributed by atoms with E-state index in [-0.39, 0.29) is 0 Å². The lowest BCUT2D eigenvalue weighted by Crippen LogP contribution is -2.31. The molecule has 1 unspecified atom stereocenters. The minimum atomic E-state index is 0.474. The summed E-state index contributed by atoms with van der Waals surface area (Å²) in [6.07, 6.45) is 5.98. The van der Waals surface area contributed by atoms with Crippen molar-refractivity contribution in [3.05, 3.63) is 23.9 Å². The first-order valence-corrected chi connectivity index (χ1v) is 6.32. The number of hydrogen-bond acceptors (Lipinski definition) is 3. The topological polar surface area (TPSA) is 42.2 Å². The molecular weight excluding hydrogens is 212 g/mol. The lowest BCUT2D eigenvalue weighted by molar-refractivity contribution is 0.284. The summed E-state index contributed by atoms with van der Waals surface area (Å²) >= 11 is 0. The van der Waals surface area contributed by atoms with Gasteiger partial charge < -0.3 is 5.32 Å². The van der Waals surface area contributed by atoms with Gasteiger partial charge in [0.1, 0.15) is 0 Å². The molecule has 0 radical (unpaired) electrons. The van der Waals surface area contributed by atoms with Crippen LogP contribution in [0.1, 0.15) is 31.7 Å². The Bertz CT molecular complexity index is 527. The van der Waals surface area contributed by atoms with Gasteiger partial charge in [0.2, 0.25) is 5.95 Å². The zero-order valence-corrected chi connectivity index (χ0v) is 10.3. The molecule has 4 nitrogen and oxygen atoms in total. The molecule has 0 saturated heterocycles. The maximum atomic E-state index is 4.53. The summed E-state index contributed by atoms with van der Waals surface area (Å²) in [5, 5.41) is 7.87. The molecule has 1 N–H and O–H groups in total. The number of rotatable bonds is 3. The third-order valence-electron chi connectivity index (χ3n) is 3.77. The molecule has 3 rings (SSSR count). The van der Waals surface area contributed by atoms with Gasteiger partial charge in [0.05, 0.1) is 0 Å². The number of nitrogens with zero attached hydrogens (tertiary/aromatic N) is 3. The predicted molar refractivity (Wildman–Crippen MR) is 68.1 cm³/mol. The van der Waals surface area contributed by atoms with Crippen molar-refractivity contribution in [3.63, 3.8) is 0 Å². The number of pyridine rings is 1. The second kappa shape index (κ2) is 4.02. The second-order valence-corrected chi connectivity index (χ2v) is 5.02. The van der Waals surface area contributed by atoms with Gasteiger partial charge in [-0.3, -0.25) is 0 Å². The van der Waals surface area contributed by atoms with E-state index in [0.29, 0.717) is 6.04 Å². The van der Waals surface area contributed by atoms with Gasteiger partial charge in [0.25, 0.3) is 0 Å². The van der Waals surface area contributed by atoms with Gasteiger partial charge in [0, 0.05) is 12.2 Å². The smallest absolute Gasteiger partial charge is 0.243 e. The van der Waals surface area contributed by atoms with Crippen LogP contribution in [0, 0.1) is 12.8 Å². The third-order valence-corrected chi connectivity index (χ3v) is 3.77. The van der Waals surface area contributed by atoms with Gasteiger partial charge in [-0.1, -0.05) is 12.5 Å². The molecule has 0 amide bonds. The van der Waals surface area contributed by atoms with Gasteiger partial charge in [-0.25, -0.2) is 4.52 Å². The molecule has 4 heteroatoms. The molecule has 0 aliphatic heterocycles. The molecule has 2 aromatic rings. The van der Waals surface area contributed by atoms with E-state index in [2.05, 4.69) is 35.3 Å². The number of aryl methyl sites for hydroxylation is 1. The molecule has 1 fully saturated rings. The van der Waals surface area contributed by atoms with Crippen LogP contribution in [0.5, 0.6) is 0 Å². The van der Waals surface area contributed by atoms with E-state index in [1.807, 2.05) is 16.8 Å². The van der Waals surface area contributed by atoms with Crippen molar-refractivity contribution in [3.8, 4) is 0 Å². The predicted octanol–water partition coefficient (Wildman–Crippen LogP) is 2.64. The van der Waals surface area contributed by atoms with Crippen LogP contribution in [0.15, 0.2) is 18.3 Å². The quantitative estimate of drug-likeness (QED) is 0.881. The minimum absolute atomic E-state index is 0.474. The van der Waals surface area contributed by atoms with Crippen LogP contribution < -0.4 is 5.32 Å². The normalized spacial score (nSPS) is 18.0. The number of aromatic nitrogens is 3. The molecule has 1 saturated carbocycles. The molecule has 1 atom stereocenters. The highest BCUT2D eigenvalue weighted by molar-refractivity contribution is 5.49. The van der Waals surface area contributed by atoms with Crippen LogP contribution in [-0.4, -0.2) is 20.6 Å². The Hall–Kier alpha value is -1.58. The Labute approximate surface area is 101 Å². The molecule has 90 valence electrons. The molecule has 17 heavy (non-hydrogen) atoms. The van der Waals surface area contributed by atoms with Gasteiger partial charge >= 0.3 is 0 Å². The van der Waals surface area contributed by atoms with Crippen molar-refractivity contribution in [1.29, 1.82) is 0 Å². The minimum Gasteiger partial charge on any atom is -0.350 e. The van der Waals surface area contributed by atoms with Gasteiger partial charge in [0.15, 0.2) is 5.65 Å². The molecule has 2 heterocycles. The first-order valence-electron chi connectivity index (χ1n) is 6.32. The van der Waals surface area contributed by atoms with Crippen LogP contribution >= 0.6 is 0 Å². The van der Waals surface area contributed by atoms with E-state index < -0.39 is 0 Å². The summed E-state index contributed by atoms with van der Waals surface area (Å²) in [5.41, 5.74) is 2.10. The largest absolute Gasteiger partial charge is 0.350 e. The Balaban J connectivity index is 1.83. The van der Waals surface area contributed by atoms with Crippen molar-refractivity contribution < 1.29 is 0 Å². The molecule has 1 aliphatic rings. The Morgan fingerprint density at radius 1 is 1.47 bits per heavy atom. The average molecular weight is 230 g/mol. The Morgan fingerprint density at radius 3 is 2.94 bits per heavy atom. The fourth-order valence-corrected chi connectivity index (χ4v) is 2.36. The molecule has 0 spiro atoms. The molecule has 1 aliphatic carbocycles. The lowest BCUT2D eigenvalue weighted by atomic mass is 9.80. The standard InChI is InChI=1S/C13H18N4/c1-9-5-4-8-17-12(9)15-13(16-17)14-10(2)11-6-3-7-11/h4-5,8,10-11H,3,6-7H2,1-2H3,(H,14,16). The summed E-state index contributed by atoms with van der Waals surface area (Å²) in [4.78, 5) is 4.53. The van der Waals surface area contributed by atoms with Crippen LogP contribution in [0.25, 0.3) is 5.65 Å². The highest BCUT2D eigenvalue weighted by atomic mass is 15.3.